The fourth-order valence-corrected chi connectivity index (χ4v) is 1.69. The number of carbonyl (C=O) groups is 1. The van der Waals surface area contributed by atoms with Crippen LogP contribution in [-0.4, -0.2) is 28.9 Å². The van der Waals surface area contributed by atoms with Crippen molar-refractivity contribution in [3.05, 3.63) is 29.6 Å². The van der Waals surface area contributed by atoms with Crippen molar-refractivity contribution in [2.24, 2.45) is 0 Å². The highest BCUT2D eigenvalue weighted by Gasteiger charge is 2.36. The van der Waals surface area contributed by atoms with E-state index in [1.54, 1.807) is 30.3 Å². The summed E-state index contributed by atoms with van der Waals surface area (Å²) in [7, 11) is 1.73. The maximum atomic E-state index is 11.8. The average molecular weight is 206 g/mol. The standard InChI is InChI=1S/C11H14N2O2/c1-7(2)15-11-9-8(5-4-6-12-9)10(14)13(11)3/h4-7,11H,1-3H3. The average Bonchev–Trinajstić information content (AvgIpc) is 2.44. The molecule has 0 bridgehead atoms. The molecule has 0 radical (unpaired) electrons. The van der Waals surface area contributed by atoms with Gasteiger partial charge in [-0.15, -0.1) is 0 Å². The van der Waals surface area contributed by atoms with Gasteiger partial charge in [0, 0.05) is 13.2 Å². The van der Waals surface area contributed by atoms with Crippen molar-refractivity contribution in [2.75, 3.05) is 7.05 Å². The van der Waals surface area contributed by atoms with Gasteiger partial charge in [-0.3, -0.25) is 9.78 Å². The summed E-state index contributed by atoms with van der Waals surface area (Å²) in [5.74, 6) is -0.0243. The van der Waals surface area contributed by atoms with E-state index in [2.05, 4.69) is 4.98 Å². The third-order valence-corrected chi connectivity index (χ3v) is 2.38. The minimum absolute atomic E-state index is 0.0243. The first-order chi connectivity index (χ1) is 7.11. The molecule has 1 atom stereocenters. The number of hydrogen-bond donors (Lipinski definition) is 0. The minimum atomic E-state index is -0.339. The third kappa shape index (κ3) is 1.61. The van der Waals surface area contributed by atoms with Crippen LogP contribution in [0, 0.1) is 0 Å². The van der Waals surface area contributed by atoms with Crippen LogP contribution in [0.4, 0.5) is 0 Å². The fraction of sp³-hybridized carbons (Fsp3) is 0.455. The zero-order valence-electron chi connectivity index (χ0n) is 9.10. The SMILES string of the molecule is CC(C)OC1c2ncccc2C(=O)N1C. The van der Waals surface area contributed by atoms with Gasteiger partial charge in [0.25, 0.3) is 5.91 Å². The van der Waals surface area contributed by atoms with E-state index in [0.717, 1.165) is 5.69 Å². The number of nitrogens with zero attached hydrogens (tertiary/aromatic N) is 2. The van der Waals surface area contributed by atoms with Crippen LogP contribution >= 0.6 is 0 Å². The van der Waals surface area contributed by atoms with Crippen molar-refractivity contribution in [3.8, 4) is 0 Å². The largest absolute Gasteiger partial charge is 0.350 e. The predicted molar refractivity (Wildman–Crippen MR) is 55.3 cm³/mol. The zero-order chi connectivity index (χ0) is 11.0. The predicted octanol–water partition coefficient (Wildman–Crippen LogP) is 1.59. The molecule has 0 N–H and O–H groups in total. The second-order valence-electron chi connectivity index (χ2n) is 3.89. The lowest BCUT2D eigenvalue weighted by Crippen LogP contribution is -2.27. The molecule has 4 heteroatoms. The van der Waals surface area contributed by atoms with Crippen molar-refractivity contribution in [2.45, 2.75) is 26.2 Å². The van der Waals surface area contributed by atoms with E-state index < -0.39 is 0 Å². The third-order valence-electron chi connectivity index (χ3n) is 2.38. The molecule has 0 aromatic carbocycles. The van der Waals surface area contributed by atoms with Crippen LogP contribution in [0.2, 0.25) is 0 Å². The Morgan fingerprint density at radius 1 is 1.53 bits per heavy atom. The van der Waals surface area contributed by atoms with Crippen LogP contribution in [0.3, 0.4) is 0 Å². The summed E-state index contributed by atoms with van der Waals surface area (Å²) in [6.45, 7) is 3.89. The number of amides is 1. The smallest absolute Gasteiger partial charge is 0.257 e. The van der Waals surface area contributed by atoms with Crippen LogP contribution in [0.5, 0.6) is 0 Å². The Bertz CT molecular complexity index is 390. The summed E-state index contributed by atoms with van der Waals surface area (Å²) in [6.07, 6.45) is 1.41. The van der Waals surface area contributed by atoms with Crippen LogP contribution in [0.1, 0.15) is 36.1 Å². The van der Waals surface area contributed by atoms with Crippen LogP contribution in [0.25, 0.3) is 0 Å². The summed E-state index contributed by atoms with van der Waals surface area (Å²) < 4.78 is 5.66. The number of rotatable bonds is 2. The van der Waals surface area contributed by atoms with E-state index in [0.29, 0.717) is 5.56 Å². The quantitative estimate of drug-likeness (QED) is 0.738. The Kier molecular flexibility index (Phi) is 2.44. The molecule has 15 heavy (non-hydrogen) atoms. The number of aromatic nitrogens is 1. The molecule has 1 aromatic rings. The maximum absolute atomic E-state index is 11.8. The van der Waals surface area contributed by atoms with Gasteiger partial charge >= 0.3 is 0 Å². The van der Waals surface area contributed by atoms with Gasteiger partial charge in [-0.2, -0.15) is 0 Å². The molecule has 2 heterocycles. The highest BCUT2D eigenvalue weighted by atomic mass is 16.5. The molecule has 1 unspecified atom stereocenters. The molecule has 80 valence electrons. The molecule has 1 aromatic heterocycles. The normalized spacial score (nSPS) is 19.9. The Morgan fingerprint density at radius 2 is 2.27 bits per heavy atom. The Morgan fingerprint density at radius 3 is 2.93 bits per heavy atom. The van der Waals surface area contributed by atoms with Crippen molar-refractivity contribution in [3.63, 3.8) is 0 Å². The first kappa shape index (κ1) is 10.1. The van der Waals surface area contributed by atoms with Gasteiger partial charge in [-0.05, 0) is 26.0 Å². The minimum Gasteiger partial charge on any atom is -0.350 e. The first-order valence-corrected chi connectivity index (χ1v) is 4.99. The number of hydrogen-bond acceptors (Lipinski definition) is 3. The van der Waals surface area contributed by atoms with E-state index in [9.17, 15) is 4.79 Å². The van der Waals surface area contributed by atoms with Crippen molar-refractivity contribution in [1.29, 1.82) is 0 Å². The van der Waals surface area contributed by atoms with Gasteiger partial charge in [-0.1, -0.05) is 0 Å². The Hall–Kier alpha value is -1.42. The molecule has 0 saturated carbocycles. The van der Waals surface area contributed by atoms with Crippen LogP contribution in [0.15, 0.2) is 18.3 Å². The molecule has 4 nitrogen and oxygen atoms in total. The number of pyridine rings is 1. The van der Waals surface area contributed by atoms with Gasteiger partial charge in [0.15, 0.2) is 6.23 Å². The summed E-state index contributed by atoms with van der Waals surface area (Å²) in [4.78, 5) is 17.6. The molecule has 1 amide bonds. The van der Waals surface area contributed by atoms with Gasteiger partial charge < -0.3 is 9.64 Å². The Labute approximate surface area is 88.9 Å². The van der Waals surface area contributed by atoms with E-state index in [1.807, 2.05) is 13.8 Å². The van der Waals surface area contributed by atoms with E-state index >= 15 is 0 Å². The highest BCUT2D eigenvalue weighted by Crippen LogP contribution is 2.31. The van der Waals surface area contributed by atoms with Crippen molar-refractivity contribution < 1.29 is 9.53 Å². The number of carbonyl (C=O) groups excluding carboxylic acids is 1. The summed E-state index contributed by atoms with van der Waals surface area (Å²) in [5, 5.41) is 0. The molecule has 0 saturated heterocycles. The van der Waals surface area contributed by atoms with Crippen LogP contribution in [-0.2, 0) is 4.74 Å². The van der Waals surface area contributed by atoms with Gasteiger partial charge in [0.05, 0.1) is 11.7 Å². The Balaban J connectivity index is 2.38. The summed E-state index contributed by atoms with van der Waals surface area (Å²) in [6, 6.07) is 3.55. The second-order valence-corrected chi connectivity index (χ2v) is 3.89. The lowest BCUT2D eigenvalue weighted by molar-refractivity contribution is -0.0619. The molecule has 0 fully saturated rings. The second kappa shape index (κ2) is 3.62. The van der Waals surface area contributed by atoms with E-state index in [4.69, 9.17) is 4.74 Å². The number of fused-ring (bicyclic) bond motifs is 1. The van der Waals surface area contributed by atoms with E-state index in [-0.39, 0.29) is 18.2 Å². The molecular weight excluding hydrogens is 192 g/mol. The fourth-order valence-electron chi connectivity index (χ4n) is 1.69. The van der Waals surface area contributed by atoms with Gasteiger partial charge in [0.1, 0.15) is 5.69 Å². The molecular formula is C11H14N2O2. The summed E-state index contributed by atoms with van der Waals surface area (Å²) in [5.41, 5.74) is 1.37. The molecule has 2 rings (SSSR count). The molecule has 1 aliphatic rings. The van der Waals surface area contributed by atoms with Gasteiger partial charge in [-0.25, -0.2) is 0 Å². The topological polar surface area (TPSA) is 42.4 Å². The molecule has 1 aliphatic heterocycles. The van der Waals surface area contributed by atoms with Crippen molar-refractivity contribution >= 4 is 5.91 Å². The number of ether oxygens (including phenoxy) is 1. The summed E-state index contributed by atoms with van der Waals surface area (Å²) >= 11 is 0. The molecule has 0 spiro atoms. The maximum Gasteiger partial charge on any atom is 0.257 e. The monoisotopic (exact) mass is 206 g/mol. The first-order valence-electron chi connectivity index (χ1n) is 4.99. The zero-order valence-corrected chi connectivity index (χ0v) is 9.10. The van der Waals surface area contributed by atoms with Crippen molar-refractivity contribution in [1.82, 2.24) is 9.88 Å². The van der Waals surface area contributed by atoms with Gasteiger partial charge in [0.2, 0.25) is 0 Å². The van der Waals surface area contributed by atoms with E-state index in [1.165, 1.54) is 0 Å². The van der Waals surface area contributed by atoms with Crippen LogP contribution < -0.4 is 0 Å². The highest BCUT2D eigenvalue weighted by molar-refractivity contribution is 5.98. The lowest BCUT2D eigenvalue weighted by Gasteiger charge is -2.22. The lowest BCUT2D eigenvalue weighted by atomic mass is 10.2. The molecule has 0 aliphatic carbocycles.